The number of aromatic nitrogens is 1. The van der Waals surface area contributed by atoms with Crippen molar-refractivity contribution < 1.29 is 9.59 Å². The molecule has 0 atom stereocenters. The Bertz CT molecular complexity index is 1510. The van der Waals surface area contributed by atoms with Crippen LogP contribution in [0.15, 0.2) is 103 Å². The first-order valence-electron chi connectivity index (χ1n) is 10.5. The second kappa shape index (κ2) is 8.12. The molecule has 0 fully saturated rings. The van der Waals surface area contributed by atoms with Crippen LogP contribution in [-0.2, 0) is 0 Å². The number of nitrogens with zero attached hydrogens (tertiary/aromatic N) is 1. The molecule has 32 heavy (non-hydrogen) atoms. The third kappa shape index (κ3) is 3.54. The number of hydrogen-bond donors (Lipinski definition) is 0. The van der Waals surface area contributed by atoms with Gasteiger partial charge in [-0.1, -0.05) is 72.8 Å². The number of allylic oxidation sites excluding steroid dienone is 1. The molecule has 0 radical (unpaired) electrons. The van der Waals surface area contributed by atoms with E-state index >= 15 is 0 Å². The van der Waals surface area contributed by atoms with E-state index in [9.17, 15) is 9.59 Å². The predicted molar refractivity (Wildman–Crippen MR) is 129 cm³/mol. The summed E-state index contributed by atoms with van der Waals surface area (Å²) in [6, 6.07) is 29.1. The molecular weight excluding hydrogens is 394 g/mol. The number of ketones is 2. The van der Waals surface area contributed by atoms with E-state index in [0.717, 1.165) is 21.9 Å². The molecule has 0 N–H and O–H groups in total. The van der Waals surface area contributed by atoms with E-state index in [2.05, 4.69) is 18.2 Å². The standard InChI is InChI=1S/C29H21NO2/c1-20-26(27(31)16-14-21-13-15-22-8-5-6-11-24(22)18-21)19-25-12-7-17-30(25)28(20)29(32)23-9-3-2-4-10-23/h2-19H,1H3/b16-14+. The van der Waals surface area contributed by atoms with Gasteiger partial charge in [0.15, 0.2) is 5.78 Å². The van der Waals surface area contributed by atoms with Crippen LogP contribution in [0.3, 0.4) is 0 Å². The number of pyridine rings is 1. The van der Waals surface area contributed by atoms with Gasteiger partial charge in [-0.15, -0.1) is 0 Å². The van der Waals surface area contributed by atoms with Crippen LogP contribution >= 0.6 is 0 Å². The van der Waals surface area contributed by atoms with Crippen molar-refractivity contribution in [2.45, 2.75) is 6.92 Å². The van der Waals surface area contributed by atoms with Gasteiger partial charge in [-0.05, 0) is 59.2 Å². The average Bonchev–Trinajstić information content (AvgIpc) is 3.30. The highest BCUT2D eigenvalue weighted by atomic mass is 16.1. The molecule has 0 aliphatic carbocycles. The van der Waals surface area contributed by atoms with Gasteiger partial charge in [-0.25, -0.2) is 0 Å². The van der Waals surface area contributed by atoms with Crippen LogP contribution in [0.4, 0.5) is 0 Å². The first-order valence-corrected chi connectivity index (χ1v) is 10.5. The van der Waals surface area contributed by atoms with Gasteiger partial charge >= 0.3 is 0 Å². The normalized spacial score (nSPS) is 11.4. The van der Waals surface area contributed by atoms with Gasteiger partial charge in [0.05, 0.1) is 5.69 Å². The Kier molecular flexibility index (Phi) is 5.00. The lowest BCUT2D eigenvalue weighted by atomic mass is 9.97. The molecule has 3 heteroatoms. The number of benzene rings is 3. The van der Waals surface area contributed by atoms with Crippen LogP contribution in [0, 0.1) is 6.92 Å². The van der Waals surface area contributed by atoms with Crippen molar-refractivity contribution in [3.63, 3.8) is 0 Å². The molecule has 0 spiro atoms. The van der Waals surface area contributed by atoms with Crippen LogP contribution in [-0.4, -0.2) is 16.0 Å². The lowest BCUT2D eigenvalue weighted by Gasteiger charge is -2.13. The summed E-state index contributed by atoms with van der Waals surface area (Å²) in [4.78, 5) is 26.5. The summed E-state index contributed by atoms with van der Waals surface area (Å²) >= 11 is 0. The van der Waals surface area contributed by atoms with Crippen LogP contribution in [0.5, 0.6) is 0 Å². The Balaban J connectivity index is 1.54. The third-order valence-electron chi connectivity index (χ3n) is 5.79. The molecule has 0 bridgehead atoms. The monoisotopic (exact) mass is 415 g/mol. The second-order valence-corrected chi connectivity index (χ2v) is 7.83. The highest BCUT2D eigenvalue weighted by Gasteiger charge is 2.20. The Hall–Kier alpha value is -4.24. The van der Waals surface area contributed by atoms with E-state index in [1.165, 1.54) is 0 Å². The zero-order valence-corrected chi connectivity index (χ0v) is 17.7. The summed E-state index contributed by atoms with van der Waals surface area (Å²) in [5.74, 6) is -0.223. The Morgan fingerprint density at radius 2 is 1.53 bits per heavy atom. The highest BCUT2D eigenvalue weighted by molar-refractivity contribution is 6.14. The Morgan fingerprint density at radius 1 is 0.781 bits per heavy atom. The largest absolute Gasteiger partial charge is 0.313 e. The van der Waals surface area contributed by atoms with E-state index in [1.807, 2.05) is 84.3 Å². The van der Waals surface area contributed by atoms with Crippen molar-refractivity contribution in [3.05, 3.63) is 131 Å². The minimum absolute atomic E-state index is 0.0996. The molecule has 3 nitrogen and oxygen atoms in total. The summed E-state index contributed by atoms with van der Waals surface area (Å²) < 4.78 is 1.86. The minimum atomic E-state index is -0.124. The molecule has 5 rings (SSSR count). The molecule has 0 saturated heterocycles. The van der Waals surface area contributed by atoms with E-state index in [1.54, 1.807) is 18.2 Å². The van der Waals surface area contributed by atoms with Crippen LogP contribution in [0.2, 0.25) is 0 Å². The molecule has 2 heterocycles. The van der Waals surface area contributed by atoms with Crippen LogP contribution in [0.1, 0.15) is 37.5 Å². The van der Waals surface area contributed by atoms with Crippen molar-refractivity contribution in [1.82, 2.24) is 4.40 Å². The number of hydrogen-bond acceptors (Lipinski definition) is 2. The van der Waals surface area contributed by atoms with Gasteiger partial charge < -0.3 is 4.40 Å². The van der Waals surface area contributed by atoms with Gasteiger partial charge in [-0.3, -0.25) is 9.59 Å². The predicted octanol–water partition coefficient (Wildman–Crippen LogP) is 6.53. The quantitative estimate of drug-likeness (QED) is 0.242. The SMILES string of the molecule is Cc1c(C(=O)/C=C/c2ccc3ccccc3c2)cc2cccn2c1C(=O)c1ccccc1. The molecule has 154 valence electrons. The lowest BCUT2D eigenvalue weighted by Crippen LogP contribution is -2.13. The van der Waals surface area contributed by atoms with Crippen molar-refractivity contribution in [2.24, 2.45) is 0 Å². The fourth-order valence-electron chi connectivity index (χ4n) is 4.11. The molecule has 5 aromatic rings. The first-order chi connectivity index (χ1) is 15.6. The lowest BCUT2D eigenvalue weighted by molar-refractivity contribution is 0.103. The molecule has 3 aromatic carbocycles. The van der Waals surface area contributed by atoms with E-state index in [0.29, 0.717) is 22.4 Å². The number of rotatable bonds is 5. The van der Waals surface area contributed by atoms with Gasteiger partial charge in [0.2, 0.25) is 5.78 Å². The topological polar surface area (TPSA) is 38.5 Å². The van der Waals surface area contributed by atoms with Gasteiger partial charge in [0, 0.05) is 22.8 Å². The maximum Gasteiger partial charge on any atom is 0.210 e. The van der Waals surface area contributed by atoms with Crippen molar-refractivity contribution in [2.75, 3.05) is 0 Å². The maximum atomic E-state index is 13.3. The number of fused-ring (bicyclic) bond motifs is 2. The minimum Gasteiger partial charge on any atom is -0.313 e. The van der Waals surface area contributed by atoms with E-state index in [-0.39, 0.29) is 11.6 Å². The number of carbonyl (C=O) groups excluding carboxylic acids is 2. The summed E-state index contributed by atoms with van der Waals surface area (Å²) in [7, 11) is 0. The van der Waals surface area contributed by atoms with Crippen LogP contribution < -0.4 is 0 Å². The summed E-state index contributed by atoms with van der Waals surface area (Å²) in [5, 5.41) is 2.29. The van der Waals surface area contributed by atoms with Crippen LogP contribution in [0.25, 0.3) is 22.4 Å². The van der Waals surface area contributed by atoms with Crippen molar-refractivity contribution >= 4 is 33.9 Å². The zero-order chi connectivity index (χ0) is 22.1. The van der Waals surface area contributed by atoms with Gasteiger partial charge in [0.25, 0.3) is 0 Å². The van der Waals surface area contributed by atoms with Gasteiger partial charge in [0.1, 0.15) is 0 Å². The zero-order valence-electron chi connectivity index (χ0n) is 17.7. The Morgan fingerprint density at radius 3 is 2.34 bits per heavy atom. The first kappa shape index (κ1) is 19.7. The second-order valence-electron chi connectivity index (χ2n) is 7.83. The molecule has 0 aliphatic heterocycles. The van der Waals surface area contributed by atoms with E-state index < -0.39 is 0 Å². The van der Waals surface area contributed by atoms with Crippen molar-refractivity contribution in [1.29, 1.82) is 0 Å². The molecule has 2 aromatic heterocycles. The number of carbonyl (C=O) groups is 2. The summed E-state index contributed by atoms with van der Waals surface area (Å²) in [6.45, 7) is 1.84. The summed E-state index contributed by atoms with van der Waals surface area (Å²) in [6.07, 6.45) is 5.27. The maximum absolute atomic E-state index is 13.3. The van der Waals surface area contributed by atoms with Gasteiger partial charge in [-0.2, -0.15) is 0 Å². The molecule has 0 saturated carbocycles. The molecule has 0 aliphatic rings. The molecular formula is C29H21NO2. The fourth-order valence-corrected chi connectivity index (χ4v) is 4.11. The smallest absolute Gasteiger partial charge is 0.210 e. The molecule has 0 amide bonds. The fraction of sp³-hybridized carbons (Fsp3) is 0.0345. The Labute approximate surface area is 186 Å². The average molecular weight is 415 g/mol. The van der Waals surface area contributed by atoms with Crippen molar-refractivity contribution in [3.8, 4) is 0 Å². The van der Waals surface area contributed by atoms with E-state index in [4.69, 9.17) is 0 Å². The third-order valence-corrected chi connectivity index (χ3v) is 5.79. The summed E-state index contributed by atoms with van der Waals surface area (Å²) in [5.41, 5.74) is 4.10. The molecule has 0 unspecified atom stereocenters. The highest BCUT2D eigenvalue weighted by Crippen LogP contribution is 2.23.